The van der Waals surface area contributed by atoms with Crippen molar-refractivity contribution in [2.24, 2.45) is 0 Å². The molecular weight excluding hydrogens is 290 g/mol. The van der Waals surface area contributed by atoms with Gasteiger partial charge in [0.2, 0.25) is 0 Å². The second-order valence-electron chi connectivity index (χ2n) is 5.21. The van der Waals surface area contributed by atoms with E-state index in [1.807, 2.05) is 42.5 Å². The van der Waals surface area contributed by atoms with Crippen molar-refractivity contribution < 1.29 is 4.79 Å². The van der Waals surface area contributed by atoms with Gasteiger partial charge >= 0.3 is 0 Å². The van der Waals surface area contributed by atoms with Crippen molar-refractivity contribution in [3.63, 3.8) is 0 Å². The van der Waals surface area contributed by atoms with Gasteiger partial charge in [0.1, 0.15) is 5.01 Å². The van der Waals surface area contributed by atoms with E-state index in [2.05, 4.69) is 24.3 Å². The molecule has 0 fully saturated rings. The molecule has 0 aliphatic rings. The minimum absolute atomic E-state index is 0.115. The third kappa shape index (κ3) is 2.30. The molecule has 0 N–H and O–H groups in total. The molecule has 0 aliphatic heterocycles. The SMILES string of the molecule is O=C(Cc1nc2c(ccc3ccccc32)s1)c1ccccc1. The Hall–Kier alpha value is -2.52. The van der Waals surface area contributed by atoms with Gasteiger partial charge in [-0.2, -0.15) is 0 Å². The molecule has 1 heterocycles. The van der Waals surface area contributed by atoms with Crippen LogP contribution in [0.4, 0.5) is 0 Å². The average molecular weight is 303 g/mol. The molecule has 1 aromatic heterocycles. The highest BCUT2D eigenvalue weighted by Crippen LogP contribution is 2.29. The molecule has 0 spiro atoms. The van der Waals surface area contributed by atoms with Gasteiger partial charge in [0.25, 0.3) is 0 Å². The minimum atomic E-state index is 0.115. The van der Waals surface area contributed by atoms with Crippen molar-refractivity contribution in [3.05, 3.63) is 77.3 Å². The van der Waals surface area contributed by atoms with Crippen molar-refractivity contribution >= 4 is 38.1 Å². The van der Waals surface area contributed by atoms with Gasteiger partial charge in [-0.25, -0.2) is 4.98 Å². The fourth-order valence-electron chi connectivity index (χ4n) is 2.65. The summed E-state index contributed by atoms with van der Waals surface area (Å²) < 4.78 is 1.13. The number of aromatic nitrogens is 1. The Morgan fingerprint density at radius 1 is 0.909 bits per heavy atom. The number of Topliss-reactive ketones (excluding diaryl/α,β-unsaturated/α-hetero) is 1. The van der Waals surface area contributed by atoms with Gasteiger partial charge in [0.05, 0.1) is 16.6 Å². The lowest BCUT2D eigenvalue weighted by Gasteiger charge is -1.97. The van der Waals surface area contributed by atoms with Gasteiger partial charge in [0.15, 0.2) is 5.78 Å². The molecule has 0 saturated heterocycles. The maximum atomic E-state index is 12.3. The Morgan fingerprint density at radius 2 is 1.68 bits per heavy atom. The van der Waals surface area contributed by atoms with Crippen molar-refractivity contribution in [1.29, 1.82) is 0 Å². The zero-order chi connectivity index (χ0) is 14.9. The highest BCUT2D eigenvalue weighted by atomic mass is 32.1. The summed E-state index contributed by atoms with van der Waals surface area (Å²) >= 11 is 1.60. The van der Waals surface area contributed by atoms with Crippen LogP contribution in [0.3, 0.4) is 0 Å². The first-order valence-corrected chi connectivity index (χ1v) is 7.98. The lowest BCUT2D eigenvalue weighted by atomic mass is 10.1. The normalized spacial score (nSPS) is 11.1. The van der Waals surface area contributed by atoms with E-state index in [1.165, 1.54) is 5.39 Å². The average Bonchev–Trinajstić information content (AvgIpc) is 2.98. The fraction of sp³-hybridized carbons (Fsp3) is 0.0526. The van der Waals surface area contributed by atoms with E-state index >= 15 is 0 Å². The third-order valence-electron chi connectivity index (χ3n) is 3.74. The predicted molar refractivity (Wildman–Crippen MR) is 91.6 cm³/mol. The number of hydrogen-bond donors (Lipinski definition) is 0. The van der Waals surface area contributed by atoms with Gasteiger partial charge in [-0.3, -0.25) is 4.79 Å². The summed E-state index contributed by atoms with van der Waals surface area (Å²) in [5.74, 6) is 0.115. The first-order chi connectivity index (χ1) is 10.8. The zero-order valence-corrected chi connectivity index (χ0v) is 12.6. The smallest absolute Gasteiger partial charge is 0.169 e. The first kappa shape index (κ1) is 13.2. The van der Waals surface area contributed by atoms with E-state index < -0.39 is 0 Å². The Labute approximate surface area is 132 Å². The van der Waals surface area contributed by atoms with Crippen LogP contribution in [-0.4, -0.2) is 10.8 Å². The quantitative estimate of drug-likeness (QED) is 0.505. The monoisotopic (exact) mass is 303 g/mol. The van der Waals surface area contributed by atoms with Gasteiger partial charge < -0.3 is 0 Å². The molecule has 0 bridgehead atoms. The molecule has 0 aliphatic carbocycles. The van der Waals surface area contributed by atoms with E-state index in [-0.39, 0.29) is 5.78 Å². The van der Waals surface area contributed by atoms with E-state index in [4.69, 9.17) is 4.98 Å². The summed E-state index contributed by atoms with van der Waals surface area (Å²) in [6.45, 7) is 0. The summed E-state index contributed by atoms with van der Waals surface area (Å²) in [7, 11) is 0. The molecule has 3 heteroatoms. The molecule has 0 unspecified atom stereocenters. The van der Waals surface area contributed by atoms with Crippen LogP contribution >= 0.6 is 11.3 Å². The van der Waals surface area contributed by atoms with Crippen molar-refractivity contribution in [1.82, 2.24) is 4.98 Å². The van der Waals surface area contributed by atoms with Gasteiger partial charge in [-0.15, -0.1) is 11.3 Å². The number of fused-ring (bicyclic) bond motifs is 3. The lowest BCUT2D eigenvalue weighted by Crippen LogP contribution is -2.02. The van der Waals surface area contributed by atoms with E-state index in [1.54, 1.807) is 11.3 Å². The Balaban J connectivity index is 1.74. The summed E-state index contributed by atoms with van der Waals surface area (Å²) in [5, 5.41) is 3.20. The highest BCUT2D eigenvalue weighted by molar-refractivity contribution is 7.18. The maximum absolute atomic E-state index is 12.3. The van der Waals surface area contributed by atoms with Crippen molar-refractivity contribution in [2.45, 2.75) is 6.42 Å². The van der Waals surface area contributed by atoms with E-state index in [9.17, 15) is 4.79 Å². The number of benzene rings is 3. The number of hydrogen-bond acceptors (Lipinski definition) is 3. The number of carbonyl (C=O) groups excluding carboxylic acids is 1. The van der Waals surface area contributed by atoms with Crippen LogP contribution in [-0.2, 0) is 6.42 Å². The summed E-state index contributed by atoms with van der Waals surface area (Å²) in [6.07, 6.45) is 0.359. The molecule has 2 nitrogen and oxygen atoms in total. The largest absolute Gasteiger partial charge is 0.294 e. The highest BCUT2D eigenvalue weighted by Gasteiger charge is 2.12. The molecule has 3 aromatic carbocycles. The number of ketones is 1. The molecule has 0 saturated carbocycles. The van der Waals surface area contributed by atoms with Crippen LogP contribution in [0.2, 0.25) is 0 Å². The van der Waals surface area contributed by atoms with Crippen LogP contribution in [0.5, 0.6) is 0 Å². The van der Waals surface area contributed by atoms with E-state index in [0.29, 0.717) is 6.42 Å². The summed E-state index contributed by atoms with van der Waals surface area (Å²) in [4.78, 5) is 17.0. The molecular formula is C19H13NOS. The Morgan fingerprint density at radius 3 is 2.55 bits per heavy atom. The van der Waals surface area contributed by atoms with Gasteiger partial charge in [0, 0.05) is 10.9 Å². The minimum Gasteiger partial charge on any atom is -0.294 e. The van der Waals surface area contributed by atoms with Gasteiger partial charge in [-0.1, -0.05) is 60.7 Å². The van der Waals surface area contributed by atoms with Crippen LogP contribution in [0, 0.1) is 0 Å². The summed E-state index contributed by atoms with van der Waals surface area (Å²) in [6, 6.07) is 21.8. The van der Waals surface area contributed by atoms with Crippen LogP contribution < -0.4 is 0 Å². The molecule has 106 valence electrons. The van der Waals surface area contributed by atoms with Crippen molar-refractivity contribution in [2.75, 3.05) is 0 Å². The fourth-order valence-corrected chi connectivity index (χ4v) is 3.63. The molecule has 0 amide bonds. The molecule has 0 radical (unpaired) electrons. The second-order valence-corrected chi connectivity index (χ2v) is 6.32. The van der Waals surface area contributed by atoms with Crippen LogP contribution in [0.25, 0.3) is 21.0 Å². The molecule has 4 aromatic rings. The number of nitrogens with zero attached hydrogens (tertiary/aromatic N) is 1. The molecule has 22 heavy (non-hydrogen) atoms. The lowest BCUT2D eigenvalue weighted by molar-refractivity contribution is 0.0993. The predicted octanol–water partition coefficient (Wildman–Crippen LogP) is 4.87. The number of thiazole rings is 1. The van der Waals surface area contributed by atoms with E-state index in [0.717, 1.165) is 26.2 Å². The second kappa shape index (κ2) is 5.35. The topological polar surface area (TPSA) is 30.0 Å². The van der Waals surface area contributed by atoms with Crippen molar-refractivity contribution in [3.8, 4) is 0 Å². The Kier molecular flexibility index (Phi) is 3.20. The zero-order valence-electron chi connectivity index (χ0n) is 11.8. The summed E-state index contributed by atoms with van der Waals surface area (Å²) in [5.41, 5.74) is 1.74. The molecule has 0 atom stereocenters. The molecule has 4 rings (SSSR count). The standard InChI is InChI=1S/C19H13NOS/c21-16(14-7-2-1-3-8-14)12-18-20-19-15-9-5-4-6-13(15)10-11-17(19)22-18/h1-11H,12H2. The van der Waals surface area contributed by atoms with Crippen LogP contribution in [0.15, 0.2) is 66.7 Å². The Bertz CT molecular complexity index is 972. The first-order valence-electron chi connectivity index (χ1n) is 7.17. The number of carbonyl (C=O) groups is 1. The third-order valence-corrected chi connectivity index (χ3v) is 4.76. The maximum Gasteiger partial charge on any atom is 0.169 e. The van der Waals surface area contributed by atoms with Gasteiger partial charge in [-0.05, 0) is 11.5 Å². The number of rotatable bonds is 3. The van der Waals surface area contributed by atoms with Crippen LogP contribution in [0.1, 0.15) is 15.4 Å².